The van der Waals surface area contributed by atoms with Crippen LogP contribution in [0.5, 0.6) is 0 Å². The molecule has 1 aliphatic heterocycles. The molecule has 1 aliphatic rings. The van der Waals surface area contributed by atoms with Crippen molar-refractivity contribution in [1.29, 1.82) is 0 Å². The minimum atomic E-state index is -4.38. The average Bonchev–Trinajstić information content (AvgIpc) is 3.11. The lowest BCUT2D eigenvalue weighted by atomic mass is 10.00. The number of benzene rings is 1. The van der Waals surface area contributed by atoms with Crippen LogP contribution in [-0.2, 0) is 10.3 Å². The van der Waals surface area contributed by atoms with Gasteiger partial charge in [0, 0.05) is 27.6 Å². The number of rotatable bonds is 4. The first-order valence-electron chi connectivity index (χ1n) is 8.74. The van der Waals surface area contributed by atoms with E-state index in [1.54, 1.807) is 23.5 Å². The highest BCUT2D eigenvalue weighted by atomic mass is 35.5. The summed E-state index contributed by atoms with van der Waals surface area (Å²) in [5.41, 5.74) is 3.60. The van der Waals surface area contributed by atoms with E-state index >= 15 is 0 Å². The molecule has 0 amide bonds. The second-order valence-corrected chi connectivity index (χ2v) is 9.61. The Morgan fingerprint density at radius 1 is 1.21 bits per heavy atom. The van der Waals surface area contributed by atoms with E-state index in [4.69, 9.17) is 21.1 Å². The third-order valence-corrected chi connectivity index (χ3v) is 6.79. The van der Waals surface area contributed by atoms with Crippen molar-refractivity contribution < 1.29 is 13.0 Å². The highest BCUT2D eigenvalue weighted by molar-refractivity contribution is 7.83. The molecule has 1 aromatic carbocycles. The van der Waals surface area contributed by atoms with E-state index in [0.717, 1.165) is 26.6 Å². The number of aryl methyl sites for hydroxylation is 2. The molecule has 8 nitrogen and oxygen atoms in total. The Labute approximate surface area is 177 Å². The zero-order valence-electron chi connectivity index (χ0n) is 15.8. The molecule has 0 radical (unpaired) electrons. The zero-order chi connectivity index (χ0) is 20.9. The van der Waals surface area contributed by atoms with Crippen molar-refractivity contribution in [2.24, 2.45) is 4.99 Å². The van der Waals surface area contributed by atoms with Crippen LogP contribution in [0.4, 0.5) is 0 Å². The van der Waals surface area contributed by atoms with Crippen LogP contribution in [0.1, 0.15) is 39.3 Å². The van der Waals surface area contributed by atoms with E-state index in [1.165, 1.54) is 0 Å². The van der Waals surface area contributed by atoms with Gasteiger partial charge in [-0.3, -0.25) is 14.1 Å². The summed E-state index contributed by atoms with van der Waals surface area (Å²) in [6.45, 7) is 5.77. The van der Waals surface area contributed by atoms with Crippen LogP contribution in [0, 0.1) is 20.8 Å². The maximum absolute atomic E-state index is 11.3. The molecule has 152 valence electrons. The van der Waals surface area contributed by atoms with Crippen LogP contribution in [-0.4, -0.2) is 40.0 Å². The van der Waals surface area contributed by atoms with Gasteiger partial charge in [-0.2, -0.15) is 13.1 Å². The summed E-state index contributed by atoms with van der Waals surface area (Å²) in [5, 5.41) is 9.97. The summed E-state index contributed by atoms with van der Waals surface area (Å²) >= 11 is 7.67. The van der Waals surface area contributed by atoms with Crippen molar-refractivity contribution in [3.8, 4) is 5.00 Å². The largest absolute Gasteiger partial charge is 0.333 e. The summed E-state index contributed by atoms with van der Waals surface area (Å²) in [6, 6.07) is 6.65. The lowest BCUT2D eigenvalue weighted by Gasteiger charge is -2.12. The molecule has 29 heavy (non-hydrogen) atoms. The van der Waals surface area contributed by atoms with Crippen molar-refractivity contribution in [3.05, 3.63) is 62.5 Å². The second-order valence-electron chi connectivity index (χ2n) is 6.73. The molecule has 2 aromatic heterocycles. The van der Waals surface area contributed by atoms with E-state index in [9.17, 15) is 8.42 Å². The minimum absolute atomic E-state index is 0.152. The van der Waals surface area contributed by atoms with Gasteiger partial charge in [-0.15, -0.1) is 21.5 Å². The van der Waals surface area contributed by atoms with Crippen molar-refractivity contribution in [3.63, 3.8) is 0 Å². The summed E-state index contributed by atoms with van der Waals surface area (Å²) in [6.07, 6.45) is 0. The van der Waals surface area contributed by atoms with Gasteiger partial charge >= 0.3 is 10.3 Å². The SMILES string of the molecule is Cc1sc2c(c1C)C(c1ccc(Cl)cc1)=N[C@H](CNS(=O)(=O)O)c1nnc(C)n1-2. The number of aliphatic imine (C=N–C) groups is 1. The monoisotopic (exact) mass is 451 g/mol. The molecule has 1 atom stereocenters. The molecule has 11 heteroatoms. The quantitative estimate of drug-likeness (QED) is 0.592. The number of halogens is 1. The van der Waals surface area contributed by atoms with E-state index < -0.39 is 16.3 Å². The van der Waals surface area contributed by atoms with Crippen molar-refractivity contribution >= 4 is 39.0 Å². The Kier molecular flexibility index (Phi) is 5.07. The fraction of sp³-hybridized carbons (Fsp3) is 0.278. The Morgan fingerprint density at radius 2 is 1.90 bits per heavy atom. The average molecular weight is 452 g/mol. The number of hydrogen-bond donors (Lipinski definition) is 2. The zero-order valence-corrected chi connectivity index (χ0v) is 18.2. The predicted octanol–water partition coefficient (Wildman–Crippen LogP) is 3.19. The van der Waals surface area contributed by atoms with Crippen LogP contribution in [0.2, 0.25) is 5.02 Å². The molecule has 0 aliphatic carbocycles. The molecule has 0 saturated carbocycles. The first-order valence-corrected chi connectivity index (χ1v) is 11.4. The lowest BCUT2D eigenvalue weighted by molar-refractivity contribution is 0.462. The van der Waals surface area contributed by atoms with Crippen molar-refractivity contribution in [2.45, 2.75) is 26.8 Å². The lowest BCUT2D eigenvalue weighted by Crippen LogP contribution is -2.28. The standard InChI is InChI=1S/C18H18ClN5O3S2/c1-9-10(2)28-18-15(9)16(12-4-6-13(19)7-5-12)21-14(8-20-29(25,26)27)17-23-22-11(3)24(17)18/h4-7,14,20H,8H2,1-3H3,(H,25,26,27)/t14-/m1/s1. The highest BCUT2D eigenvalue weighted by Crippen LogP contribution is 2.38. The van der Waals surface area contributed by atoms with Crippen LogP contribution in [0.25, 0.3) is 5.00 Å². The van der Waals surface area contributed by atoms with Gasteiger partial charge < -0.3 is 0 Å². The predicted molar refractivity (Wildman–Crippen MR) is 113 cm³/mol. The van der Waals surface area contributed by atoms with Crippen LogP contribution in [0.3, 0.4) is 0 Å². The van der Waals surface area contributed by atoms with Crippen molar-refractivity contribution in [2.75, 3.05) is 6.54 Å². The molecule has 0 bridgehead atoms. The molecule has 0 spiro atoms. The third kappa shape index (κ3) is 3.74. The van der Waals surface area contributed by atoms with Gasteiger partial charge in [0.05, 0.1) is 5.71 Å². The van der Waals surface area contributed by atoms with E-state index in [1.807, 2.05) is 37.5 Å². The Balaban J connectivity index is 1.97. The molecular weight excluding hydrogens is 434 g/mol. The van der Waals surface area contributed by atoms with Crippen molar-refractivity contribution in [1.82, 2.24) is 19.5 Å². The van der Waals surface area contributed by atoms with Gasteiger partial charge in [-0.25, -0.2) is 0 Å². The Hall–Kier alpha value is -2.11. The normalized spacial score (nSPS) is 16.2. The van der Waals surface area contributed by atoms with E-state index in [2.05, 4.69) is 14.9 Å². The second kappa shape index (κ2) is 7.29. The van der Waals surface area contributed by atoms with Gasteiger partial charge in [-0.05, 0) is 38.5 Å². The molecule has 0 fully saturated rings. The Bertz CT molecular complexity index is 1230. The number of hydrogen-bond acceptors (Lipinski definition) is 6. The number of fused-ring (bicyclic) bond motifs is 3. The molecular formula is C18H18ClN5O3S2. The maximum atomic E-state index is 11.3. The molecule has 0 saturated heterocycles. The fourth-order valence-electron chi connectivity index (χ4n) is 3.32. The molecule has 3 aromatic rings. The van der Waals surface area contributed by atoms with E-state index in [0.29, 0.717) is 22.4 Å². The van der Waals surface area contributed by atoms with Crippen LogP contribution in [0.15, 0.2) is 29.3 Å². The minimum Gasteiger partial charge on any atom is -0.273 e. The molecule has 2 N–H and O–H groups in total. The number of nitrogens with zero attached hydrogens (tertiary/aromatic N) is 4. The number of nitrogens with one attached hydrogen (secondary N) is 1. The summed E-state index contributed by atoms with van der Waals surface area (Å²) in [4.78, 5) is 6.01. The maximum Gasteiger partial charge on any atom is 0.333 e. The van der Waals surface area contributed by atoms with Gasteiger partial charge in [0.15, 0.2) is 5.82 Å². The molecule has 4 rings (SSSR count). The van der Waals surface area contributed by atoms with E-state index in [-0.39, 0.29) is 6.54 Å². The number of thiophene rings is 1. The van der Waals surface area contributed by atoms with Gasteiger partial charge in [0.1, 0.15) is 16.9 Å². The highest BCUT2D eigenvalue weighted by Gasteiger charge is 2.31. The molecule has 0 unspecified atom stereocenters. The topological polar surface area (TPSA) is 109 Å². The summed E-state index contributed by atoms with van der Waals surface area (Å²) in [7, 11) is -4.38. The summed E-state index contributed by atoms with van der Waals surface area (Å²) in [5.74, 6) is 1.18. The van der Waals surface area contributed by atoms with Gasteiger partial charge in [0.2, 0.25) is 0 Å². The third-order valence-electron chi connectivity index (χ3n) is 4.82. The van der Waals surface area contributed by atoms with Crippen LogP contribution < -0.4 is 4.72 Å². The van der Waals surface area contributed by atoms with Crippen LogP contribution >= 0.6 is 22.9 Å². The first-order chi connectivity index (χ1) is 13.7. The first kappa shape index (κ1) is 20.2. The van der Waals surface area contributed by atoms with Gasteiger partial charge in [0.25, 0.3) is 0 Å². The number of aromatic nitrogens is 3. The fourth-order valence-corrected chi connectivity index (χ4v) is 5.03. The molecule has 3 heterocycles. The Morgan fingerprint density at radius 3 is 2.55 bits per heavy atom. The smallest absolute Gasteiger partial charge is 0.273 e. The van der Waals surface area contributed by atoms with Gasteiger partial charge in [-0.1, -0.05) is 23.7 Å². The summed E-state index contributed by atoms with van der Waals surface area (Å²) < 4.78 is 35.7.